The number of rotatable bonds is 4. The molecule has 2 aromatic rings. The minimum Gasteiger partial charge on any atom is -0.484 e. The van der Waals surface area contributed by atoms with Gasteiger partial charge in [-0.25, -0.2) is 10.2 Å². The zero-order valence-corrected chi connectivity index (χ0v) is 13.1. The van der Waals surface area contributed by atoms with E-state index in [1.807, 2.05) is 6.07 Å². The van der Waals surface area contributed by atoms with E-state index in [1.54, 1.807) is 48.5 Å². The van der Waals surface area contributed by atoms with Gasteiger partial charge in [0.25, 0.3) is 5.91 Å². The average molecular weight is 364 g/mol. The van der Waals surface area contributed by atoms with Crippen molar-refractivity contribution in [2.45, 2.75) is 0 Å². The first-order chi connectivity index (χ1) is 10.6. The molecule has 7 heteroatoms. The standard InChI is InChI=1S/C15H14BrN3O3/c16-11-6-8-13(9-7-11)22-10-14(20)18-19-15(21)17-12-4-2-1-3-5-12/h1-9H,10H2,(H,18,20)(H2,17,19,21). The number of benzene rings is 2. The van der Waals surface area contributed by atoms with Gasteiger partial charge in [0.15, 0.2) is 6.61 Å². The summed E-state index contributed by atoms with van der Waals surface area (Å²) in [6.07, 6.45) is 0. The summed E-state index contributed by atoms with van der Waals surface area (Å²) in [4.78, 5) is 23.1. The normalized spacial score (nSPS) is 9.68. The highest BCUT2D eigenvalue weighted by atomic mass is 79.9. The van der Waals surface area contributed by atoms with Gasteiger partial charge < -0.3 is 10.1 Å². The van der Waals surface area contributed by atoms with Crippen LogP contribution in [0, 0.1) is 0 Å². The fourth-order valence-corrected chi connectivity index (χ4v) is 1.79. The van der Waals surface area contributed by atoms with Crippen LogP contribution in [0.1, 0.15) is 0 Å². The lowest BCUT2D eigenvalue weighted by Crippen LogP contribution is -2.45. The molecule has 114 valence electrons. The Labute approximate surface area is 136 Å². The van der Waals surface area contributed by atoms with Crippen molar-refractivity contribution < 1.29 is 14.3 Å². The molecule has 3 N–H and O–H groups in total. The zero-order chi connectivity index (χ0) is 15.8. The van der Waals surface area contributed by atoms with E-state index in [4.69, 9.17) is 4.74 Å². The number of anilines is 1. The molecule has 0 aliphatic rings. The summed E-state index contributed by atoms with van der Waals surface area (Å²) in [5, 5.41) is 2.57. The van der Waals surface area contributed by atoms with Crippen molar-refractivity contribution in [2.24, 2.45) is 0 Å². The number of urea groups is 1. The van der Waals surface area contributed by atoms with Gasteiger partial charge in [-0.1, -0.05) is 34.1 Å². The summed E-state index contributed by atoms with van der Waals surface area (Å²) >= 11 is 3.30. The average Bonchev–Trinajstić information content (AvgIpc) is 2.53. The third kappa shape index (κ3) is 5.45. The van der Waals surface area contributed by atoms with Crippen molar-refractivity contribution >= 4 is 33.6 Å². The van der Waals surface area contributed by atoms with E-state index in [0.717, 1.165) is 4.47 Å². The third-order valence-electron chi connectivity index (χ3n) is 2.53. The Morgan fingerprint density at radius 3 is 2.32 bits per heavy atom. The molecular weight excluding hydrogens is 350 g/mol. The Hall–Kier alpha value is -2.54. The molecule has 0 aliphatic heterocycles. The highest BCUT2D eigenvalue weighted by molar-refractivity contribution is 9.10. The van der Waals surface area contributed by atoms with Gasteiger partial charge in [0.1, 0.15) is 5.75 Å². The molecule has 0 bridgehead atoms. The van der Waals surface area contributed by atoms with E-state index in [0.29, 0.717) is 11.4 Å². The van der Waals surface area contributed by atoms with Gasteiger partial charge in [0, 0.05) is 10.2 Å². The number of para-hydroxylation sites is 1. The van der Waals surface area contributed by atoms with Crippen LogP contribution < -0.4 is 20.9 Å². The van der Waals surface area contributed by atoms with Gasteiger partial charge in [-0.05, 0) is 36.4 Å². The summed E-state index contributed by atoms with van der Waals surface area (Å²) in [7, 11) is 0. The predicted molar refractivity (Wildman–Crippen MR) is 86.4 cm³/mol. The van der Waals surface area contributed by atoms with Crippen molar-refractivity contribution in [3.63, 3.8) is 0 Å². The van der Waals surface area contributed by atoms with Crippen LogP contribution in [-0.4, -0.2) is 18.5 Å². The number of carbonyl (C=O) groups is 2. The number of hydrogen-bond donors (Lipinski definition) is 3. The maximum Gasteiger partial charge on any atom is 0.337 e. The molecule has 0 spiro atoms. The lowest BCUT2D eigenvalue weighted by molar-refractivity contribution is -0.123. The second kappa shape index (κ2) is 8.04. The Bertz CT molecular complexity index is 632. The lowest BCUT2D eigenvalue weighted by Gasteiger charge is -2.10. The van der Waals surface area contributed by atoms with Crippen LogP contribution >= 0.6 is 15.9 Å². The highest BCUT2D eigenvalue weighted by Gasteiger charge is 2.05. The molecule has 0 atom stereocenters. The third-order valence-corrected chi connectivity index (χ3v) is 3.06. The first-order valence-electron chi connectivity index (χ1n) is 6.43. The number of hydrazine groups is 1. The van der Waals surface area contributed by atoms with Gasteiger partial charge >= 0.3 is 6.03 Å². The van der Waals surface area contributed by atoms with Crippen LogP contribution in [0.5, 0.6) is 5.75 Å². The van der Waals surface area contributed by atoms with Gasteiger partial charge in [0.05, 0.1) is 0 Å². The summed E-state index contributed by atoms with van der Waals surface area (Å²) in [5.74, 6) is 0.0956. The second-order valence-electron chi connectivity index (χ2n) is 4.24. The molecule has 0 heterocycles. The van der Waals surface area contributed by atoms with Crippen molar-refractivity contribution in [3.8, 4) is 5.75 Å². The molecule has 0 unspecified atom stereocenters. The largest absolute Gasteiger partial charge is 0.484 e. The lowest BCUT2D eigenvalue weighted by atomic mass is 10.3. The zero-order valence-electron chi connectivity index (χ0n) is 11.5. The Morgan fingerprint density at radius 2 is 1.64 bits per heavy atom. The molecule has 0 fully saturated rings. The number of amides is 3. The van der Waals surface area contributed by atoms with E-state index >= 15 is 0 Å². The van der Waals surface area contributed by atoms with E-state index < -0.39 is 11.9 Å². The number of halogens is 1. The summed E-state index contributed by atoms with van der Waals surface area (Å²) < 4.78 is 6.19. The van der Waals surface area contributed by atoms with E-state index in [1.165, 1.54) is 0 Å². The Morgan fingerprint density at radius 1 is 0.955 bits per heavy atom. The molecule has 6 nitrogen and oxygen atoms in total. The van der Waals surface area contributed by atoms with Gasteiger partial charge in [-0.2, -0.15) is 0 Å². The van der Waals surface area contributed by atoms with Crippen LogP contribution in [0.25, 0.3) is 0 Å². The molecule has 2 rings (SSSR count). The SMILES string of the molecule is O=C(COc1ccc(Br)cc1)NNC(=O)Nc1ccccc1. The summed E-state index contributed by atoms with van der Waals surface area (Å²) in [6.45, 7) is -0.201. The van der Waals surface area contributed by atoms with Crippen molar-refractivity contribution in [3.05, 3.63) is 59.1 Å². The quantitative estimate of drug-likeness (QED) is 0.730. The topological polar surface area (TPSA) is 79.5 Å². The predicted octanol–water partition coefficient (Wildman–Crippen LogP) is 2.68. The van der Waals surface area contributed by atoms with Gasteiger partial charge in [0.2, 0.25) is 0 Å². The van der Waals surface area contributed by atoms with Crippen molar-refractivity contribution in [1.29, 1.82) is 0 Å². The maximum absolute atomic E-state index is 11.6. The molecule has 0 aromatic heterocycles. The Kier molecular flexibility index (Phi) is 5.79. The molecule has 0 saturated heterocycles. The van der Waals surface area contributed by atoms with E-state index in [9.17, 15) is 9.59 Å². The van der Waals surface area contributed by atoms with Crippen LogP contribution in [-0.2, 0) is 4.79 Å². The minimum absolute atomic E-state index is 0.201. The van der Waals surface area contributed by atoms with Crippen LogP contribution in [0.4, 0.5) is 10.5 Å². The molecule has 0 radical (unpaired) electrons. The summed E-state index contributed by atoms with van der Waals surface area (Å²) in [6, 6.07) is 15.4. The molecule has 2 aromatic carbocycles. The van der Waals surface area contributed by atoms with Gasteiger partial charge in [-0.3, -0.25) is 10.2 Å². The minimum atomic E-state index is -0.539. The molecular formula is C15H14BrN3O3. The maximum atomic E-state index is 11.6. The molecule has 0 saturated carbocycles. The molecule has 22 heavy (non-hydrogen) atoms. The first-order valence-corrected chi connectivity index (χ1v) is 7.22. The molecule has 0 aliphatic carbocycles. The number of carbonyl (C=O) groups excluding carboxylic acids is 2. The Balaban J connectivity index is 1.69. The number of nitrogens with one attached hydrogen (secondary N) is 3. The molecule has 3 amide bonds. The van der Waals surface area contributed by atoms with E-state index in [-0.39, 0.29) is 6.61 Å². The fraction of sp³-hybridized carbons (Fsp3) is 0.0667. The first kappa shape index (κ1) is 15.8. The van der Waals surface area contributed by atoms with Crippen LogP contribution in [0.15, 0.2) is 59.1 Å². The van der Waals surface area contributed by atoms with Crippen LogP contribution in [0.2, 0.25) is 0 Å². The second-order valence-corrected chi connectivity index (χ2v) is 5.15. The smallest absolute Gasteiger partial charge is 0.337 e. The highest BCUT2D eigenvalue weighted by Crippen LogP contribution is 2.15. The monoisotopic (exact) mass is 363 g/mol. The van der Waals surface area contributed by atoms with Crippen molar-refractivity contribution in [2.75, 3.05) is 11.9 Å². The van der Waals surface area contributed by atoms with Crippen LogP contribution in [0.3, 0.4) is 0 Å². The van der Waals surface area contributed by atoms with Crippen molar-refractivity contribution in [1.82, 2.24) is 10.9 Å². The van der Waals surface area contributed by atoms with E-state index in [2.05, 4.69) is 32.1 Å². The summed E-state index contributed by atoms with van der Waals surface area (Å²) in [5.41, 5.74) is 5.11. The van der Waals surface area contributed by atoms with Gasteiger partial charge in [-0.15, -0.1) is 0 Å². The number of ether oxygens (including phenoxy) is 1. The number of hydrogen-bond acceptors (Lipinski definition) is 3. The fourth-order valence-electron chi connectivity index (χ4n) is 1.53.